The Morgan fingerprint density at radius 1 is 0.897 bits per heavy atom. The first kappa shape index (κ1) is 24.3. The Balaban J connectivity index is 1.47. The summed E-state index contributed by atoms with van der Waals surface area (Å²) in [6.07, 6.45) is 9.98. The molecule has 0 unspecified atom stereocenters. The maximum Gasteiger partial charge on any atom is 0.220 e. The standard InChI is InChI=1S/C24H43NO4/c1-4-28-16-19-7-9-20(10-8-19)17-29-15-5-6-23(26)25-22-13-11-21(12-14-22)24(27)18(2)3/h18-22H,4-17H2,1-3H3,(H,25,26). The molecule has 29 heavy (non-hydrogen) atoms. The van der Waals surface area contributed by atoms with Gasteiger partial charge in [0.2, 0.25) is 5.91 Å². The van der Waals surface area contributed by atoms with E-state index in [1.54, 1.807) is 0 Å². The first-order valence-corrected chi connectivity index (χ1v) is 12.0. The largest absolute Gasteiger partial charge is 0.381 e. The number of rotatable bonds is 12. The average molecular weight is 410 g/mol. The third-order valence-corrected chi connectivity index (χ3v) is 6.63. The van der Waals surface area contributed by atoms with E-state index in [4.69, 9.17) is 9.47 Å². The Hall–Kier alpha value is -0.940. The van der Waals surface area contributed by atoms with Gasteiger partial charge in [0.05, 0.1) is 0 Å². The van der Waals surface area contributed by atoms with Crippen molar-refractivity contribution in [2.75, 3.05) is 26.4 Å². The number of carbonyl (C=O) groups is 2. The van der Waals surface area contributed by atoms with Gasteiger partial charge in [-0.3, -0.25) is 9.59 Å². The van der Waals surface area contributed by atoms with E-state index < -0.39 is 0 Å². The molecule has 2 fully saturated rings. The molecule has 0 heterocycles. The van der Waals surface area contributed by atoms with Gasteiger partial charge in [-0.15, -0.1) is 0 Å². The highest BCUT2D eigenvalue weighted by Gasteiger charge is 2.28. The van der Waals surface area contributed by atoms with Crippen LogP contribution in [0.4, 0.5) is 0 Å². The minimum Gasteiger partial charge on any atom is -0.381 e. The summed E-state index contributed by atoms with van der Waals surface area (Å²) in [5.41, 5.74) is 0. The van der Waals surface area contributed by atoms with Gasteiger partial charge in [-0.1, -0.05) is 13.8 Å². The fraction of sp³-hybridized carbons (Fsp3) is 0.917. The average Bonchev–Trinajstić information content (AvgIpc) is 2.72. The summed E-state index contributed by atoms with van der Waals surface area (Å²) in [4.78, 5) is 24.3. The van der Waals surface area contributed by atoms with Crippen LogP contribution in [0.5, 0.6) is 0 Å². The molecule has 1 amide bonds. The van der Waals surface area contributed by atoms with Crippen molar-refractivity contribution in [3.63, 3.8) is 0 Å². The van der Waals surface area contributed by atoms with Gasteiger partial charge in [0, 0.05) is 50.7 Å². The van der Waals surface area contributed by atoms with E-state index in [2.05, 4.69) is 12.2 Å². The van der Waals surface area contributed by atoms with Crippen molar-refractivity contribution in [3.8, 4) is 0 Å². The first-order chi connectivity index (χ1) is 14.0. The number of carbonyl (C=O) groups excluding carboxylic acids is 2. The Kier molecular flexibility index (Phi) is 11.2. The van der Waals surface area contributed by atoms with Crippen LogP contribution in [0.1, 0.15) is 85.0 Å². The first-order valence-electron chi connectivity index (χ1n) is 12.0. The molecule has 5 nitrogen and oxygen atoms in total. The van der Waals surface area contributed by atoms with Crippen molar-refractivity contribution in [1.82, 2.24) is 5.32 Å². The van der Waals surface area contributed by atoms with Gasteiger partial charge in [0.15, 0.2) is 0 Å². The third-order valence-electron chi connectivity index (χ3n) is 6.63. The van der Waals surface area contributed by atoms with Crippen LogP contribution in [0.3, 0.4) is 0 Å². The summed E-state index contributed by atoms with van der Waals surface area (Å²) in [6.45, 7) is 9.24. The Bertz CT molecular complexity index is 477. The van der Waals surface area contributed by atoms with Gasteiger partial charge in [-0.05, 0) is 76.5 Å². The van der Waals surface area contributed by atoms with Gasteiger partial charge in [-0.25, -0.2) is 0 Å². The van der Waals surface area contributed by atoms with E-state index in [-0.39, 0.29) is 23.8 Å². The number of amides is 1. The number of nitrogens with one attached hydrogen (secondary N) is 1. The minimum absolute atomic E-state index is 0.122. The van der Waals surface area contributed by atoms with E-state index in [9.17, 15) is 9.59 Å². The molecular formula is C24H43NO4. The number of ether oxygens (including phenoxy) is 2. The molecule has 5 heteroatoms. The predicted octanol–water partition coefficient (Wildman–Crippen LogP) is 4.53. The molecule has 1 N–H and O–H groups in total. The summed E-state index contributed by atoms with van der Waals surface area (Å²) in [7, 11) is 0. The number of Topliss-reactive ketones (excluding diaryl/α,β-unsaturated/α-hetero) is 1. The van der Waals surface area contributed by atoms with Gasteiger partial charge in [-0.2, -0.15) is 0 Å². The van der Waals surface area contributed by atoms with Crippen LogP contribution in [-0.2, 0) is 19.1 Å². The number of hydrogen-bond donors (Lipinski definition) is 1. The quantitative estimate of drug-likeness (QED) is 0.481. The van der Waals surface area contributed by atoms with Crippen LogP contribution >= 0.6 is 0 Å². The molecule has 0 aromatic rings. The number of hydrogen-bond acceptors (Lipinski definition) is 4. The molecule has 0 radical (unpaired) electrons. The van der Waals surface area contributed by atoms with Crippen LogP contribution in [0.25, 0.3) is 0 Å². The van der Waals surface area contributed by atoms with Crippen LogP contribution in [-0.4, -0.2) is 44.2 Å². The molecule has 0 bridgehead atoms. The summed E-state index contributed by atoms with van der Waals surface area (Å²) >= 11 is 0. The molecule has 2 aliphatic carbocycles. The zero-order chi connectivity index (χ0) is 21.1. The highest BCUT2D eigenvalue weighted by atomic mass is 16.5. The summed E-state index contributed by atoms with van der Waals surface area (Å²) in [5, 5.41) is 3.15. The Labute approximate surface area is 177 Å². The van der Waals surface area contributed by atoms with Crippen molar-refractivity contribution in [1.29, 1.82) is 0 Å². The molecule has 0 spiro atoms. The van der Waals surface area contributed by atoms with Crippen LogP contribution < -0.4 is 5.32 Å². The lowest BCUT2D eigenvalue weighted by atomic mass is 9.80. The molecule has 0 aromatic carbocycles. The SMILES string of the molecule is CCOCC1CCC(COCCCC(=O)NC2CCC(C(=O)C(C)C)CC2)CC1. The third kappa shape index (κ3) is 9.17. The van der Waals surface area contributed by atoms with Crippen molar-refractivity contribution >= 4 is 11.7 Å². The fourth-order valence-corrected chi connectivity index (χ4v) is 4.73. The van der Waals surface area contributed by atoms with E-state index in [1.807, 2.05) is 13.8 Å². The van der Waals surface area contributed by atoms with Gasteiger partial charge in [0.25, 0.3) is 0 Å². The van der Waals surface area contributed by atoms with Crippen molar-refractivity contribution in [3.05, 3.63) is 0 Å². The normalized spacial score (nSPS) is 27.7. The molecule has 2 aliphatic rings. The second-order valence-electron chi connectivity index (χ2n) is 9.40. The smallest absolute Gasteiger partial charge is 0.220 e. The summed E-state index contributed by atoms with van der Waals surface area (Å²) in [6, 6.07) is 0.242. The zero-order valence-corrected chi connectivity index (χ0v) is 18.9. The predicted molar refractivity (Wildman–Crippen MR) is 116 cm³/mol. The van der Waals surface area contributed by atoms with Gasteiger partial charge in [0.1, 0.15) is 5.78 Å². The van der Waals surface area contributed by atoms with Gasteiger partial charge < -0.3 is 14.8 Å². The highest BCUT2D eigenvalue weighted by Crippen LogP contribution is 2.29. The fourth-order valence-electron chi connectivity index (χ4n) is 4.73. The monoisotopic (exact) mass is 409 g/mol. The molecule has 2 rings (SSSR count). The Morgan fingerprint density at radius 2 is 1.48 bits per heavy atom. The molecule has 2 saturated carbocycles. The van der Waals surface area contributed by atoms with Crippen molar-refractivity contribution < 1.29 is 19.1 Å². The lowest BCUT2D eigenvalue weighted by Crippen LogP contribution is -2.39. The summed E-state index contributed by atoms with van der Waals surface area (Å²) in [5.74, 6) is 2.24. The Morgan fingerprint density at radius 3 is 2.03 bits per heavy atom. The van der Waals surface area contributed by atoms with Crippen molar-refractivity contribution in [2.45, 2.75) is 91.0 Å². The maximum atomic E-state index is 12.2. The van der Waals surface area contributed by atoms with Crippen LogP contribution in [0, 0.1) is 23.7 Å². The lowest BCUT2D eigenvalue weighted by molar-refractivity contribution is -0.127. The molecular weight excluding hydrogens is 366 g/mol. The topological polar surface area (TPSA) is 64.6 Å². The van der Waals surface area contributed by atoms with Crippen LogP contribution in [0.2, 0.25) is 0 Å². The second-order valence-corrected chi connectivity index (χ2v) is 9.40. The van der Waals surface area contributed by atoms with E-state index in [1.165, 1.54) is 25.7 Å². The molecule has 0 atom stereocenters. The van der Waals surface area contributed by atoms with Gasteiger partial charge >= 0.3 is 0 Å². The van der Waals surface area contributed by atoms with E-state index in [0.29, 0.717) is 24.7 Å². The summed E-state index contributed by atoms with van der Waals surface area (Å²) < 4.78 is 11.4. The molecule has 0 saturated heterocycles. The van der Waals surface area contributed by atoms with Crippen molar-refractivity contribution in [2.24, 2.45) is 23.7 Å². The molecule has 168 valence electrons. The minimum atomic E-state index is 0.122. The van der Waals surface area contributed by atoms with E-state index >= 15 is 0 Å². The van der Waals surface area contributed by atoms with E-state index in [0.717, 1.165) is 57.8 Å². The molecule has 0 aromatic heterocycles. The van der Waals surface area contributed by atoms with Crippen LogP contribution in [0.15, 0.2) is 0 Å². The lowest BCUT2D eigenvalue weighted by Gasteiger charge is -2.29. The second kappa shape index (κ2) is 13.4. The number of ketones is 1. The maximum absolute atomic E-state index is 12.2. The molecule has 0 aliphatic heterocycles. The zero-order valence-electron chi connectivity index (χ0n) is 18.9. The highest BCUT2D eigenvalue weighted by molar-refractivity contribution is 5.83.